The van der Waals surface area contributed by atoms with Gasteiger partial charge in [0.2, 0.25) is 0 Å². The first kappa shape index (κ1) is 9.38. The minimum atomic E-state index is -0.613. The van der Waals surface area contributed by atoms with Crippen LogP contribution < -0.4 is 0 Å². The Labute approximate surface area is 74.9 Å². The highest BCUT2D eigenvalue weighted by atomic mass is 16.5. The fraction of sp³-hybridized carbons (Fsp3) is 0.222. The molecule has 1 aliphatic rings. The second-order valence-corrected chi connectivity index (χ2v) is 2.53. The van der Waals surface area contributed by atoms with Crippen molar-refractivity contribution < 1.29 is 19.1 Å². The van der Waals surface area contributed by atoms with Gasteiger partial charge in [0.1, 0.15) is 18.5 Å². The molecule has 0 aromatic rings. The molecule has 0 saturated heterocycles. The first-order chi connectivity index (χ1) is 6.16. The number of cyclic esters (lactones) is 1. The second-order valence-electron chi connectivity index (χ2n) is 2.53. The van der Waals surface area contributed by atoms with Crippen LogP contribution >= 0.6 is 0 Å². The number of Topliss-reactive ketones (excluding diaryl/α,β-unsaturated/α-hetero) is 1. The standard InChI is InChI=1S/C9H8O4/c1-6(11)8-7(3-2-4-10)5-13-9(8)12/h2-4H,5H2,1H3/b3-2+. The highest BCUT2D eigenvalue weighted by Gasteiger charge is 2.26. The summed E-state index contributed by atoms with van der Waals surface area (Å²) in [4.78, 5) is 31.9. The average molecular weight is 180 g/mol. The van der Waals surface area contributed by atoms with Crippen LogP contribution in [0.4, 0.5) is 0 Å². The average Bonchev–Trinajstić information content (AvgIpc) is 2.43. The topological polar surface area (TPSA) is 60.4 Å². The Hall–Kier alpha value is -1.71. The van der Waals surface area contributed by atoms with Crippen molar-refractivity contribution in [2.75, 3.05) is 6.61 Å². The lowest BCUT2D eigenvalue weighted by Gasteiger charge is -1.90. The van der Waals surface area contributed by atoms with Crippen molar-refractivity contribution >= 4 is 18.0 Å². The van der Waals surface area contributed by atoms with Crippen LogP contribution in [-0.2, 0) is 19.1 Å². The predicted molar refractivity (Wildman–Crippen MR) is 43.9 cm³/mol. The smallest absolute Gasteiger partial charge is 0.342 e. The lowest BCUT2D eigenvalue weighted by Crippen LogP contribution is -2.06. The lowest BCUT2D eigenvalue weighted by atomic mass is 10.1. The number of carbonyl (C=O) groups excluding carboxylic acids is 3. The van der Waals surface area contributed by atoms with E-state index in [2.05, 4.69) is 4.74 Å². The number of aldehydes is 1. The molecule has 1 heterocycles. The third-order valence-corrected chi connectivity index (χ3v) is 1.61. The van der Waals surface area contributed by atoms with Gasteiger partial charge < -0.3 is 4.74 Å². The SMILES string of the molecule is CC(=O)C1=C(/C=C/C=O)COC1=O. The molecule has 0 atom stereocenters. The third-order valence-electron chi connectivity index (χ3n) is 1.61. The maximum absolute atomic E-state index is 11.0. The van der Waals surface area contributed by atoms with Crippen molar-refractivity contribution in [3.8, 4) is 0 Å². The van der Waals surface area contributed by atoms with Crippen LogP contribution in [-0.4, -0.2) is 24.6 Å². The van der Waals surface area contributed by atoms with Crippen LogP contribution in [0.15, 0.2) is 23.3 Å². The van der Waals surface area contributed by atoms with E-state index in [-0.39, 0.29) is 18.0 Å². The van der Waals surface area contributed by atoms with E-state index in [4.69, 9.17) is 0 Å². The van der Waals surface area contributed by atoms with Gasteiger partial charge in [-0.1, -0.05) is 6.08 Å². The minimum Gasteiger partial charge on any atom is -0.457 e. The fourth-order valence-corrected chi connectivity index (χ4v) is 1.08. The molecule has 0 aliphatic carbocycles. The van der Waals surface area contributed by atoms with E-state index in [9.17, 15) is 14.4 Å². The summed E-state index contributed by atoms with van der Waals surface area (Å²) in [5.74, 6) is -0.953. The molecule has 4 nitrogen and oxygen atoms in total. The zero-order valence-corrected chi connectivity index (χ0v) is 7.07. The van der Waals surface area contributed by atoms with Gasteiger partial charge in [0.05, 0.1) is 0 Å². The van der Waals surface area contributed by atoms with E-state index in [0.29, 0.717) is 11.9 Å². The number of hydrogen-bond donors (Lipinski definition) is 0. The number of carbonyl (C=O) groups is 3. The summed E-state index contributed by atoms with van der Waals surface area (Å²) in [5, 5.41) is 0. The molecule has 0 unspecified atom stereocenters. The van der Waals surface area contributed by atoms with Crippen molar-refractivity contribution in [1.82, 2.24) is 0 Å². The van der Waals surface area contributed by atoms with Gasteiger partial charge in [-0.3, -0.25) is 9.59 Å². The van der Waals surface area contributed by atoms with E-state index < -0.39 is 5.97 Å². The zero-order chi connectivity index (χ0) is 9.84. The van der Waals surface area contributed by atoms with Crippen LogP contribution in [0, 0.1) is 0 Å². The van der Waals surface area contributed by atoms with E-state index in [1.807, 2.05) is 0 Å². The summed E-state index contributed by atoms with van der Waals surface area (Å²) in [6.07, 6.45) is 3.21. The van der Waals surface area contributed by atoms with Crippen molar-refractivity contribution in [1.29, 1.82) is 0 Å². The van der Waals surface area contributed by atoms with E-state index in [1.54, 1.807) is 0 Å². The second kappa shape index (κ2) is 3.80. The van der Waals surface area contributed by atoms with E-state index in [0.717, 1.165) is 0 Å². The Morgan fingerprint density at radius 3 is 2.77 bits per heavy atom. The molecule has 0 saturated carbocycles. The Morgan fingerprint density at radius 1 is 1.54 bits per heavy atom. The molecule has 1 rings (SSSR count). The quantitative estimate of drug-likeness (QED) is 0.269. The Morgan fingerprint density at radius 2 is 2.23 bits per heavy atom. The number of allylic oxidation sites excluding steroid dienone is 1. The molecule has 0 amide bonds. The van der Waals surface area contributed by atoms with E-state index in [1.165, 1.54) is 19.1 Å². The monoisotopic (exact) mass is 180 g/mol. The van der Waals surface area contributed by atoms with Crippen molar-refractivity contribution in [3.05, 3.63) is 23.3 Å². The highest BCUT2D eigenvalue weighted by molar-refractivity contribution is 6.18. The minimum absolute atomic E-state index is 0.0399. The Balaban J connectivity index is 3.02. The van der Waals surface area contributed by atoms with Gasteiger partial charge in [-0.15, -0.1) is 0 Å². The van der Waals surface area contributed by atoms with Gasteiger partial charge in [0.15, 0.2) is 5.78 Å². The summed E-state index contributed by atoms with van der Waals surface area (Å²) < 4.78 is 4.64. The summed E-state index contributed by atoms with van der Waals surface area (Å²) in [6.45, 7) is 1.36. The van der Waals surface area contributed by atoms with Gasteiger partial charge in [-0.05, 0) is 13.0 Å². The summed E-state index contributed by atoms with van der Waals surface area (Å²) in [6, 6.07) is 0. The van der Waals surface area contributed by atoms with Gasteiger partial charge in [-0.2, -0.15) is 0 Å². The number of hydrogen-bond acceptors (Lipinski definition) is 4. The maximum atomic E-state index is 11.0. The molecular formula is C9H8O4. The molecule has 0 spiro atoms. The largest absolute Gasteiger partial charge is 0.457 e. The molecule has 68 valence electrons. The van der Waals surface area contributed by atoms with Gasteiger partial charge in [-0.25, -0.2) is 4.79 Å². The third kappa shape index (κ3) is 1.90. The molecule has 0 bridgehead atoms. The molecule has 13 heavy (non-hydrogen) atoms. The molecule has 1 aliphatic heterocycles. The normalized spacial score (nSPS) is 16.5. The van der Waals surface area contributed by atoms with Crippen LogP contribution in [0.5, 0.6) is 0 Å². The summed E-state index contributed by atoms with van der Waals surface area (Å²) in [5.41, 5.74) is 0.503. The predicted octanol–water partition coefficient (Wildman–Crippen LogP) is 0.184. The lowest BCUT2D eigenvalue weighted by molar-refractivity contribution is -0.137. The number of ketones is 1. The van der Waals surface area contributed by atoms with Gasteiger partial charge in [0.25, 0.3) is 0 Å². The van der Waals surface area contributed by atoms with Gasteiger partial charge in [0, 0.05) is 5.57 Å². The zero-order valence-electron chi connectivity index (χ0n) is 7.07. The van der Waals surface area contributed by atoms with Crippen LogP contribution in [0.1, 0.15) is 6.92 Å². The molecule has 0 N–H and O–H groups in total. The van der Waals surface area contributed by atoms with Crippen molar-refractivity contribution in [3.63, 3.8) is 0 Å². The number of rotatable bonds is 3. The van der Waals surface area contributed by atoms with Crippen LogP contribution in [0.25, 0.3) is 0 Å². The van der Waals surface area contributed by atoms with Crippen molar-refractivity contribution in [2.24, 2.45) is 0 Å². The van der Waals surface area contributed by atoms with Gasteiger partial charge >= 0.3 is 5.97 Å². The maximum Gasteiger partial charge on any atom is 0.342 e. The number of ether oxygens (including phenoxy) is 1. The van der Waals surface area contributed by atoms with E-state index >= 15 is 0 Å². The first-order valence-corrected chi connectivity index (χ1v) is 3.70. The Kier molecular flexibility index (Phi) is 2.74. The molecule has 0 radical (unpaired) electrons. The van der Waals surface area contributed by atoms with Crippen LogP contribution in [0.2, 0.25) is 0 Å². The number of esters is 1. The molecule has 0 aromatic carbocycles. The van der Waals surface area contributed by atoms with Crippen LogP contribution in [0.3, 0.4) is 0 Å². The highest BCUT2D eigenvalue weighted by Crippen LogP contribution is 2.17. The molecule has 0 fully saturated rings. The Bertz CT molecular complexity index is 323. The molecular weight excluding hydrogens is 172 g/mol. The summed E-state index contributed by atoms with van der Waals surface area (Å²) >= 11 is 0. The molecule has 4 heteroatoms. The molecule has 0 aromatic heterocycles. The van der Waals surface area contributed by atoms with Crippen molar-refractivity contribution in [2.45, 2.75) is 6.92 Å². The summed E-state index contributed by atoms with van der Waals surface area (Å²) in [7, 11) is 0. The fourth-order valence-electron chi connectivity index (χ4n) is 1.08. The first-order valence-electron chi connectivity index (χ1n) is 3.70.